The van der Waals surface area contributed by atoms with Gasteiger partial charge >= 0.3 is 0 Å². The number of hydrogen-bond donors (Lipinski definition) is 1. The lowest BCUT2D eigenvalue weighted by Gasteiger charge is -2.08. The Morgan fingerprint density at radius 2 is 1.86 bits per heavy atom. The molecule has 1 atom stereocenters. The molecule has 6 heteroatoms. The maximum atomic E-state index is 11.7. The van der Waals surface area contributed by atoms with Crippen LogP contribution < -0.4 is 10.1 Å². The molecule has 148 valence electrons. The summed E-state index contributed by atoms with van der Waals surface area (Å²) in [5.41, 5.74) is 2.85. The molecule has 29 heavy (non-hydrogen) atoms. The number of carbonyl (C=O) groups is 2. The van der Waals surface area contributed by atoms with Gasteiger partial charge in [-0.15, -0.1) is 0 Å². The van der Waals surface area contributed by atoms with E-state index >= 15 is 0 Å². The molecule has 0 bridgehead atoms. The normalized spacial score (nSPS) is 16.1. The molecule has 1 N–H and O–H groups in total. The summed E-state index contributed by atoms with van der Waals surface area (Å²) < 4.78 is 11.6. The van der Waals surface area contributed by atoms with Gasteiger partial charge in [0.25, 0.3) is 0 Å². The van der Waals surface area contributed by atoms with Crippen LogP contribution in [0.2, 0.25) is 0 Å². The van der Waals surface area contributed by atoms with Crippen molar-refractivity contribution in [2.24, 2.45) is 5.92 Å². The first-order chi connectivity index (χ1) is 14.1. The minimum absolute atomic E-state index is 0.187. The van der Waals surface area contributed by atoms with Crippen LogP contribution >= 0.6 is 0 Å². The van der Waals surface area contributed by atoms with Gasteiger partial charge in [-0.1, -0.05) is 30.3 Å². The Labute approximate surface area is 168 Å². The lowest BCUT2D eigenvalue weighted by Crippen LogP contribution is -2.22. The van der Waals surface area contributed by atoms with Gasteiger partial charge in [-0.2, -0.15) is 0 Å². The second-order valence-electron chi connectivity index (χ2n) is 7.15. The van der Waals surface area contributed by atoms with Crippen molar-refractivity contribution in [3.05, 3.63) is 71.6 Å². The van der Waals surface area contributed by atoms with E-state index in [0.29, 0.717) is 25.3 Å². The molecule has 3 aromatic rings. The minimum Gasteiger partial charge on any atom is -0.493 e. The summed E-state index contributed by atoms with van der Waals surface area (Å²) in [7, 11) is 0. The first-order valence-corrected chi connectivity index (χ1v) is 9.65. The number of nitrogens with one attached hydrogen (secondary N) is 1. The second kappa shape index (κ2) is 8.31. The molecular formula is C23H22N2O4. The predicted molar refractivity (Wildman–Crippen MR) is 107 cm³/mol. The summed E-state index contributed by atoms with van der Waals surface area (Å²) in [6, 6.07) is 17.4. The highest BCUT2D eigenvalue weighted by Crippen LogP contribution is 2.22. The van der Waals surface area contributed by atoms with E-state index in [-0.39, 0.29) is 24.2 Å². The lowest BCUT2D eigenvalue weighted by molar-refractivity contribution is -0.125. The van der Waals surface area contributed by atoms with Gasteiger partial charge in [0.15, 0.2) is 0 Å². The molecule has 1 aliphatic heterocycles. The number of aryl methyl sites for hydroxylation is 1. The van der Waals surface area contributed by atoms with Crippen molar-refractivity contribution in [1.82, 2.24) is 10.3 Å². The highest BCUT2D eigenvalue weighted by atomic mass is 16.5. The van der Waals surface area contributed by atoms with E-state index in [9.17, 15) is 9.59 Å². The van der Waals surface area contributed by atoms with Gasteiger partial charge in [-0.3, -0.25) is 14.9 Å². The van der Waals surface area contributed by atoms with Gasteiger partial charge in [0.1, 0.15) is 11.5 Å². The molecule has 6 nitrogen and oxygen atoms in total. The average Bonchev–Trinajstić information content (AvgIpc) is 3.25. The first-order valence-electron chi connectivity index (χ1n) is 9.65. The van der Waals surface area contributed by atoms with Crippen molar-refractivity contribution in [3.8, 4) is 17.2 Å². The van der Waals surface area contributed by atoms with Crippen molar-refractivity contribution in [2.45, 2.75) is 26.2 Å². The second-order valence-corrected chi connectivity index (χ2v) is 7.15. The topological polar surface area (TPSA) is 81.4 Å². The monoisotopic (exact) mass is 390 g/mol. The van der Waals surface area contributed by atoms with Crippen LogP contribution in [-0.2, 0) is 22.4 Å². The number of benzene rings is 2. The quantitative estimate of drug-likeness (QED) is 0.625. The molecule has 1 aromatic heterocycles. The number of oxazole rings is 1. The molecule has 2 heterocycles. The van der Waals surface area contributed by atoms with Gasteiger partial charge in [0.2, 0.25) is 17.7 Å². The van der Waals surface area contributed by atoms with E-state index in [1.54, 1.807) is 0 Å². The summed E-state index contributed by atoms with van der Waals surface area (Å²) in [6.07, 6.45) is 1.46. The van der Waals surface area contributed by atoms with Crippen LogP contribution in [0.5, 0.6) is 5.75 Å². The van der Waals surface area contributed by atoms with Crippen LogP contribution in [0.4, 0.5) is 0 Å². The summed E-state index contributed by atoms with van der Waals surface area (Å²) in [5, 5.41) is 2.34. The zero-order chi connectivity index (χ0) is 20.2. The van der Waals surface area contributed by atoms with Gasteiger partial charge in [-0.25, -0.2) is 4.98 Å². The number of hydrogen-bond acceptors (Lipinski definition) is 5. The number of ether oxygens (including phenoxy) is 1. The van der Waals surface area contributed by atoms with Crippen LogP contribution in [0.1, 0.15) is 23.4 Å². The standard InChI is InChI=1S/C23H22N2O4/c1-15-20(24-23(29-15)17-5-3-2-4-6-17)11-12-28-19-9-7-16(8-10-19)13-18-14-21(26)25-22(18)27/h2-10,18H,11-14H2,1H3,(H,25,26,27). The van der Waals surface area contributed by atoms with Crippen LogP contribution in [0.3, 0.4) is 0 Å². The summed E-state index contributed by atoms with van der Waals surface area (Å²) in [5.74, 6) is 1.52. The van der Waals surface area contributed by atoms with E-state index in [1.165, 1.54) is 0 Å². The first kappa shape index (κ1) is 18.9. The Bertz CT molecular complexity index is 1010. The molecule has 1 fully saturated rings. The molecule has 0 aliphatic carbocycles. The van der Waals surface area contributed by atoms with E-state index in [1.807, 2.05) is 61.5 Å². The average molecular weight is 390 g/mol. The number of rotatable bonds is 7. The van der Waals surface area contributed by atoms with E-state index in [0.717, 1.165) is 28.3 Å². The van der Waals surface area contributed by atoms with E-state index in [2.05, 4.69) is 10.3 Å². The number of carbonyl (C=O) groups excluding carboxylic acids is 2. The Kier molecular flexibility index (Phi) is 5.42. The zero-order valence-corrected chi connectivity index (χ0v) is 16.2. The summed E-state index contributed by atoms with van der Waals surface area (Å²) in [4.78, 5) is 27.6. The molecule has 1 saturated heterocycles. The maximum absolute atomic E-state index is 11.7. The number of imide groups is 1. The SMILES string of the molecule is Cc1oc(-c2ccccc2)nc1CCOc1ccc(CC2CC(=O)NC2=O)cc1. The van der Waals surface area contributed by atoms with Crippen LogP contribution in [-0.4, -0.2) is 23.4 Å². The Hall–Kier alpha value is -3.41. The third-order valence-corrected chi connectivity index (χ3v) is 4.99. The van der Waals surface area contributed by atoms with Gasteiger partial charge in [0.05, 0.1) is 18.2 Å². The number of amides is 2. The fourth-order valence-corrected chi connectivity index (χ4v) is 3.41. The largest absolute Gasteiger partial charge is 0.493 e. The fourth-order valence-electron chi connectivity index (χ4n) is 3.41. The van der Waals surface area contributed by atoms with Crippen molar-refractivity contribution < 1.29 is 18.7 Å². The fraction of sp³-hybridized carbons (Fsp3) is 0.261. The third kappa shape index (κ3) is 4.54. The lowest BCUT2D eigenvalue weighted by atomic mass is 9.98. The smallest absolute Gasteiger partial charge is 0.230 e. The van der Waals surface area contributed by atoms with Gasteiger partial charge in [-0.05, 0) is 43.2 Å². The zero-order valence-electron chi connectivity index (χ0n) is 16.2. The molecule has 4 rings (SSSR count). The molecule has 0 radical (unpaired) electrons. The molecule has 1 unspecified atom stereocenters. The molecular weight excluding hydrogens is 368 g/mol. The minimum atomic E-state index is -0.275. The van der Waals surface area contributed by atoms with Crippen LogP contribution in [0.25, 0.3) is 11.5 Å². The molecule has 1 aliphatic rings. The Balaban J connectivity index is 1.30. The highest BCUT2D eigenvalue weighted by molar-refractivity contribution is 6.03. The highest BCUT2D eigenvalue weighted by Gasteiger charge is 2.30. The van der Waals surface area contributed by atoms with E-state index in [4.69, 9.17) is 9.15 Å². The maximum Gasteiger partial charge on any atom is 0.230 e. The van der Waals surface area contributed by atoms with Crippen molar-refractivity contribution in [2.75, 3.05) is 6.61 Å². The molecule has 2 aromatic carbocycles. The third-order valence-electron chi connectivity index (χ3n) is 4.99. The Morgan fingerprint density at radius 1 is 1.10 bits per heavy atom. The van der Waals surface area contributed by atoms with Gasteiger partial charge < -0.3 is 9.15 Å². The Morgan fingerprint density at radius 3 is 2.55 bits per heavy atom. The van der Waals surface area contributed by atoms with E-state index < -0.39 is 0 Å². The molecule has 0 spiro atoms. The predicted octanol–water partition coefficient (Wildman–Crippen LogP) is 3.48. The summed E-state index contributed by atoms with van der Waals surface area (Å²) >= 11 is 0. The molecule has 0 saturated carbocycles. The van der Waals surface area contributed by atoms with Crippen LogP contribution in [0.15, 0.2) is 59.0 Å². The van der Waals surface area contributed by atoms with Crippen molar-refractivity contribution >= 4 is 11.8 Å². The molecule has 2 amide bonds. The van der Waals surface area contributed by atoms with Crippen molar-refractivity contribution in [1.29, 1.82) is 0 Å². The van der Waals surface area contributed by atoms with Crippen molar-refractivity contribution in [3.63, 3.8) is 0 Å². The number of nitrogens with zero attached hydrogens (tertiary/aromatic N) is 1. The van der Waals surface area contributed by atoms with Gasteiger partial charge in [0, 0.05) is 18.4 Å². The number of aromatic nitrogens is 1. The van der Waals surface area contributed by atoms with Crippen LogP contribution in [0, 0.1) is 12.8 Å². The summed E-state index contributed by atoms with van der Waals surface area (Å²) in [6.45, 7) is 2.40.